The molecule has 1 nitrogen and oxygen atoms in total. The van der Waals surface area contributed by atoms with Crippen molar-refractivity contribution < 1.29 is 4.39 Å². The molecule has 1 unspecified atom stereocenters. The molecule has 0 saturated heterocycles. The molecule has 0 fully saturated rings. The summed E-state index contributed by atoms with van der Waals surface area (Å²) >= 11 is 2.27. The molecular formula is C15H15FIN. The Morgan fingerprint density at radius 2 is 1.83 bits per heavy atom. The van der Waals surface area contributed by atoms with Crippen molar-refractivity contribution in [3.05, 3.63) is 68.5 Å². The second-order valence-corrected chi connectivity index (χ2v) is 5.68. The molecule has 2 N–H and O–H groups in total. The Morgan fingerprint density at radius 3 is 2.50 bits per heavy atom. The monoisotopic (exact) mass is 355 g/mol. The molecule has 0 aromatic heterocycles. The summed E-state index contributed by atoms with van der Waals surface area (Å²) in [5.74, 6) is -0.228. The highest BCUT2D eigenvalue weighted by atomic mass is 127. The Kier molecular flexibility index (Phi) is 4.35. The van der Waals surface area contributed by atoms with Gasteiger partial charge in [0.25, 0.3) is 0 Å². The molecule has 0 radical (unpaired) electrons. The summed E-state index contributed by atoms with van der Waals surface area (Å²) in [5.41, 5.74) is 9.26. The van der Waals surface area contributed by atoms with Gasteiger partial charge in [-0.05, 0) is 76.9 Å². The van der Waals surface area contributed by atoms with E-state index in [0.717, 1.165) is 17.5 Å². The van der Waals surface area contributed by atoms with Crippen LogP contribution in [0.25, 0.3) is 0 Å². The predicted molar refractivity (Wildman–Crippen MR) is 80.9 cm³/mol. The molecule has 2 rings (SSSR count). The van der Waals surface area contributed by atoms with Crippen LogP contribution in [-0.2, 0) is 6.42 Å². The number of aryl methyl sites for hydroxylation is 1. The molecule has 94 valence electrons. The Balaban J connectivity index is 2.18. The zero-order valence-electron chi connectivity index (χ0n) is 10.2. The number of halogens is 2. The van der Waals surface area contributed by atoms with E-state index in [-0.39, 0.29) is 11.9 Å². The predicted octanol–water partition coefficient (Wildman–Crippen LogP) is 3.98. The molecule has 3 heteroatoms. The maximum Gasteiger partial charge on any atom is 0.123 e. The second-order valence-electron chi connectivity index (χ2n) is 4.44. The van der Waals surface area contributed by atoms with E-state index in [0.29, 0.717) is 0 Å². The van der Waals surface area contributed by atoms with Crippen molar-refractivity contribution in [1.82, 2.24) is 0 Å². The van der Waals surface area contributed by atoms with Gasteiger partial charge in [-0.2, -0.15) is 0 Å². The first kappa shape index (κ1) is 13.5. The highest BCUT2D eigenvalue weighted by Gasteiger charge is 2.10. The minimum absolute atomic E-state index is 0.166. The van der Waals surface area contributed by atoms with Crippen LogP contribution < -0.4 is 5.73 Å². The van der Waals surface area contributed by atoms with Gasteiger partial charge in [-0.3, -0.25) is 0 Å². The molecular weight excluding hydrogens is 340 g/mol. The Labute approximate surface area is 120 Å². The molecule has 18 heavy (non-hydrogen) atoms. The molecule has 0 aliphatic heterocycles. The van der Waals surface area contributed by atoms with Gasteiger partial charge in [-0.25, -0.2) is 4.39 Å². The average molecular weight is 355 g/mol. The third kappa shape index (κ3) is 3.29. The maximum absolute atomic E-state index is 13.2. The fourth-order valence-corrected chi connectivity index (χ4v) is 2.35. The van der Waals surface area contributed by atoms with Gasteiger partial charge in [0, 0.05) is 9.61 Å². The zero-order chi connectivity index (χ0) is 13.1. The highest BCUT2D eigenvalue weighted by molar-refractivity contribution is 14.1. The highest BCUT2D eigenvalue weighted by Crippen LogP contribution is 2.21. The maximum atomic E-state index is 13.2. The Hall–Kier alpha value is -0.940. The molecule has 0 aliphatic carbocycles. The van der Waals surface area contributed by atoms with E-state index in [4.69, 9.17) is 5.73 Å². The standard InChI is InChI=1S/C15H15FIN/c1-10-2-5-12(16)9-14(10)15(18)8-11-3-6-13(17)7-4-11/h2-7,9,15H,8,18H2,1H3. The molecule has 0 spiro atoms. The lowest BCUT2D eigenvalue weighted by Gasteiger charge is -2.15. The van der Waals surface area contributed by atoms with Crippen LogP contribution in [0.2, 0.25) is 0 Å². The van der Waals surface area contributed by atoms with Crippen molar-refractivity contribution in [2.45, 2.75) is 19.4 Å². The molecule has 0 saturated carbocycles. The summed E-state index contributed by atoms with van der Waals surface area (Å²) in [4.78, 5) is 0. The van der Waals surface area contributed by atoms with Crippen LogP contribution in [0.5, 0.6) is 0 Å². The van der Waals surface area contributed by atoms with Gasteiger partial charge in [0.15, 0.2) is 0 Å². The Bertz CT molecular complexity index is 537. The number of hydrogen-bond acceptors (Lipinski definition) is 1. The van der Waals surface area contributed by atoms with E-state index in [1.54, 1.807) is 6.07 Å². The minimum atomic E-state index is -0.228. The van der Waals surface area contributed by atoms with Crippen molar-refractivity contribution in [2.24, 2.45) is 5.73 Å². The van der Waals surface area contributed by atoms with Crippen molar-refractivity contribution >= 4 is 22.6 Å². The van der Waals surface area contributed by atoms with Crippen molar-refractivity contribution in [3.63, 3.8) is 0 Å². The quantitative estimate of drug-likeness (QED) is 0.829. The normalized spacial score (nSPS) is 12.4. The number of hydrogen-bond donors (Lipinski definition) is 1. The van der Waals surface area contributed by atoms with Crippen LogP contribution in [0.1, 0.15) is 22.7 Å². The smallest absolute Gasteiger partial charge is 0.123 e. The van der Waals surface area contributed by atoms with Gasteiger partial charge in [0.2, 0.25) is 0 Å². The lowest BCUT2D eigenvalue weighted by molar-refractivity contribution is 0.617. The molecule has 2 aromatic rings. The molecule has 0 amide bonds. The van der Waals surface area contributed by atoms with Gasteiger partial charge in [0.05, 0.1) is 0 Å². The summed E-state index contributed by atoms with van der Waals surface area (Å²) in [5, 5.41) is 0. The van der Waals surface area contributed by atoms with E-state index in [9.17, 15) is 4.39 Å². The summed E-state index contributed by atoms with van der Waals surface area (Å²) in [6, 6.07) is 12.9. The van der Waals surface area contributed by atoms with E-state index in [1.165, 1.54) is 21.3 Å². The third-order valence-electron chi connectivity index (χ3n) is 3.01. The first-order chi connectivity index (χ1) is 8.56. The largest absolute Gasteiger partial charge is 0.324 e. The summed E-state index contributed by atoms with van der Waals surface area (Å²) in [7, 11) is 0. The average Bonchev–Trinajstić information content (AvgIpc) is 2.35. The lowest BCUT2D eigenvalue weighted by atomic mass is 9.96. The summed E-state index contributed by atoms with van der Waals surface area (Å²) in [6.45, 7) is 1.96. The van der Waals surface area contributed by atoms with Crippen molar-refractivity contribution in [1.29, 1.82) is 0 Å². The first-order valence-corrected chi connectivity index (χ1v) is 6.90. The minimum Gasteiger partial charge on any atom is -0.324 e. The first-order valence-electron chi connectivity index (χ1n) is 5.82. The van der Waals surface area contributed by atoms with E-state index < -0.39 is 0 Å². The number of benzene rings is 2. The third-order valence-corrected chi connectivity index (χ3v) is 3.73. The molecule has 0 bridgehead atoms. The molecule has 1 atom stereocenters. The fourth-order valence-electron chi connectivity index (χ4n) is 2.00. The van der Waals surface area contributed by atoms with E-state index >= 15 is 0 Å². The Morgan fingerprint density at radius 1 is 1.17 bits per heavy atom. The number of rotatable bonds is 3. The van der Waals surface area contributed by atoms with Gasteiger partial charge < -0.3 is 5.73 Å². The molecule has 0 heterocycles. The second kappa shape index (κ2) is 5.80. The lowest BCUT2D eigenvalue weighted by Crippen LogP contribution is -2.15. The van der Waals surface area contributed by atoms with Crippen LogP contribution >= 0.6 is 22.6 Å². The van der Waals surface area contributed by atoms with E-state index in [2.05, 4.69) is 46.9 Å². The van der Waals surface area contributed by atoms with Crippen molar-refractivity contribution in [3.8, 4) is 0 Å². The summed E-state index contributed by atoms with van der Waals surface area (Å²) < 4.78 is 14.4. The fraction of sp³-hybridized carbons (Fsp3) is 0.200. The van der Waals surface area contributed by atoms with Crippen LogP contribution in [0.3, 0.4) is 0 Å². The van der Waals surface area contributed by atoms with Crippen LogP contribution in [-0.4, -0.2) is 0 Å². The van der Waals surface area contributed by atoms with Gasteiger partial charge >= 0.3 is 0 Å². The van der Waals surface area contributed by atoms with Gasteiger partial charge in [0.1, 0.15) is 5.82 Å². The van der Waals surface area contributed by atoms with Crippen LogP contribution in [0.4, 0.5) is 4.39 Å². The van der Waals surface area contributed by atoms with Crippen molar-refractivity contribution in [2.75, 3.05) is 0 Å². The molecule has 0 aliphatic rings. The van der Waals surface area contributed by atoms with Gasteiger partial charge in [-0.1, -0.05) is 18.2 Å². The topological polar surface area (TPSA) is 26.0 Å². The SMILES string of the molecule is Cc1ccc(F)cc1C(N)Cc1ccc(I)cc1. The van der Waals surface area contributed by atoms with Gasteiger partial charge in [-0.15, -0.1) is 0 Å². The summed E-state index contributed by atoms with van der Waals surface area (Å²) in [6.07, 6.45) is 0.723. The molecule has 2 aromatic carbocycles. The van der Waals surface area contributed by atoms with E-state index in [1.807, 2.05) is 6.92 Å². The van der Waals surface area contributed by atoms with Crippen LogP contribution in [0.15, 0.2) is 42.5 Å². The van der Waals surface area contributed by atoms with Crippen LogP contribution in [0, 0.1) is 16.3 Å². The number of nitrogens with two attached hydrogens (primary N) is 1. The zero-order valence-corrected chi connectivity index (χ0v) is 12.3.